The van der Waals surface area contributed by atoms with Crippen LogP contribution in [0.3, 0.4) is 0 Å². The first-order chi connectivity index (χ1) is 18.1. The number of carbonyl (C=O) groups is 3. The van der Waals surface area contributed by atoms with E-state index in [0.717, 1.165) is 18.4 Å². The molecular weight excluding hydrogens is 504 g/mol. The lowest BCUT2D eigenvalue weighted by molar-refractivity contribution is -0.297. The number of hydrogen-bond acceptors (Lipinski definition) is 9. The maximum absolute atomic E-state index is 13.5. The Morgan fingerprint density at radius 1 is 1.13 bits per heavy atom. The third kappa shape index (κ3) is 3.08. The molecule has 4 saturated carbocycles. The molecule has 6 aliphatic rings. The molecule has 6 rings (SSSR count). The minimum Gasteiger partial charge on any atom is -0.465 e. The van der Waals surface area contributed by atoms with Crippen LogP contribution >= 0.6 is 0 Å². The largest absolute Gasteiger partial charge is 0.465 e. The molecular formula is C30H42O9. The smallest absolute Gasteiger partial charge is 0.334 e. The molecule has 5 fully saturated rings. The summed E-state index contributed by atoms with van der Waals surface area (Å²) < 4.78 is 17.6. The van der Waals surface area contributed by atoms with E-state index in [-0.39, 0.29) is 50.1 Å². The first kappa shape index (κ1) is 27.4. The average molecular weight is 547 g/mol. The van der Waals surface area contributed by atoms with Gasteiger partial charge in [0.1, 0.15) is 35.3 Å². The number of epoxide rings is 1. The summed E-state index contributed by atoms with van der Waals surface area (Å²) in [5, 5.41) is 37.6. The summed E-state index contributed by atoms with van der Waals surface area (Å²) in [6.07, 6.45) is 2.65. The Morgan fingerprint density at radius 3 is 2.51 bits per heavy atom. The fraction of sp³-hybridized carbons (Fsp3) is 0.833. The highest BCUT2D eigenvalue weighted by Gasteiger charge is 2.84. The van der Waals surface area contributed by atoms with Crippen LogP contribution in [0.4, 0.5) is 0 Å². The molecule has 0 bridgehead atoms. The quantitative estimate of drug-likeness (QED) is 0.358. The van der Waals surface area contributed by atoms with E-state index in [4.69, 9.17) is 14.2 Å². The molecule has 0 radical (unpaired) electrons. The number of esters is 2. The van der Waals surface area contributed by atoms with Crippen LogP contribution in [0, 0.1) is 22.7 Å². The molecule has 1 spiro atoms. The van der Waals surface area contributed by atoms with Crippen molar-refractivity contribution in [2.24, 2.45) is 22.7 Å². The lowest BCUT2D eigenvalue weighted by atomic mass is 9.41. The van der Waals surface area contributed by atoms with Crippen LogP contribution in [-0.4, -0.2) is 74.3 Å². The Labute approximate surface area is 229 Å². The van der Waals surface area contributed by atoms with Gasteiger partial charge in [-0.1, -0.05) is 5.57 Å². The van der Waals surface area contributed by atoms with E-state index < -0.39 is 57.2 Å². The summed E-state index contributed by atoms with van der Waals surface area (Å²) in [6.45, 7) is 7.94. The van der Waals surface area contributed by atoms with Crippen molar-refractivity contribution < 1.29 is 43.9 Å². The molecule has 1 saturated heterocycles. The minimum atomic E-state index is -1.96. The lowest BCUT2D eigenvalue weighted by Gasteiger charge is -2.64. The summed E-state index contributed by atoms with van der Waals surface area (Å²) >= 11 is 0. The Morgan fingerprint density at radius 2 is 1.85 bits per heavy atom. The van der Waals surface area contributed by atoms with E-state index in [9.17, 15) is 29.7 Å². The fourth-order valence-corrected chi connectivity index (χ4v) is 10.0. The monoisotopic (exact) mass is 546 g/mol. The zero-order valence-corrected chi connectivity index (χ0v) is 23.7. The van der Waals surface area contributed by atoms with Gasteiger partial charge in [-0.2, -0.15) is 0 Å². The molecule has 0 unspecified atom stereocenters. The predicted molar refractivity (Wildman–Crippen MR) is 137 cm³/mol. The van der Waals surface area contributed by atoms with Gasteiger partial charge >= 0.3 is 11.9 Å². The van der Waals surface area contributed by atoms with Crippen molar-refractivity contribution >= 4 is 17.7 Å². The number of rotatable bonds is 4. The Hall–Kier alpha value is -1.81. The number of ether oxygens (including phenoxy) is 3. The van der Waals surface area contributed by atoms with Crippen LogP contribution in [0.2, 0.25) is 0 Å². The van der Waals surface area contributed by atoms with Gasteiger partial charge in [-0.25, -0.2) is 4.79 Å². The van der Waals surface area contributed by atoms with Gasteiger partial charge < -0.3 is 29.5 Å². The summed E-state index contributed by atoms with van der Waals surface area (Å²) in [5.41, 5.74) is -6.84. The highest BCUT2D eigenvalue weighted by Crippen LogP contribution is 2.75. The van der Waals surface area contributed by atoms with Crippen molar-refractivity contribution in [3.05, 3.63) is 11.1 Å². The molecule has 10 atom stereocenters. The Kier molecular flexibility index (Phi) is 5.71. The van der Waals surface area contributed by atoms with Gasteiger partial charge in [-0.3, -0.25) is 9.59 Å². The molecule has 0 aromatic carbocycles. The average Bonchev–Trinajstić information content (AvgIpc) is 3.52. The molecule has 0 aromatic heterocycles. The molecule has 4 aliphatic carbocycles. The van der Waals surface area contributed by atoms with Crippen LogP contribution in [0.1, 0.15) is 92.4 Å². The molecule has 216 valence electrons. The minimum absolute atomic E-state index is 0.0259. The van der Waals surface area contributed by atoms with Gasteiger partial charge in [0.05, 0.1) is 22.5 Å². The fourth-order valence-electron chi connectivity index (χ4n) is 10.0. The van der Waals surface area contributed by atoms with Crippen molar-refractivity contribution in [3.63, 3.8) is 0 Å². The van der Waals surface area contributed by atoms with Crippen molar-refractivity contribution in [1.29, 1.82) is 0 Å². The SMILES string of the molecule is CC(=O)OC[C@]12CC[C@H]3[C@@H](C[C@H]4O[C@]45CCCC(=O)[C@]35C)[C@]1(O)CC[C@@]2(O)[C@@](C)(O)[C@H]1CC(C)=C(C)C(=O)O1. The highest BCUT2D eigenvalue weighted by molar-refractivity contribution is 5.90. The normalized spacial score (nSPS) is 50.2. The summed E-state index contributed by atoms with van der Waals surface area (Å²) in [5.74, 6) is -1.47. The molecule has 9 nitrogen and oxygen atoms in total. The number of carbonyl (C=O) groups excluding carboxylic acids is 3. The number of aliphatic hydroxyl groups is 3. The summed E-state index contributed by atoms with van der Waals surface area (Å²) in [7, 11) is 0. The van der Waals surface area contributed by atoms with Gasteiger partial charge in [0.2, 0.25) is 0 Å². The van der Waals surface area contributed by atoms with E-state index in [2.05, 4.69) is 0 Å². The first-order valence-electron chi connectivity index (χ1n) is 14.5. The Bertz CT molecular complexity index is 1170. The second kappa shape index (κ2) is 8.14. The first-order valence-corrected chi connectivity index (χ1v) is 14.5. The maximum Gasteiger partial charge on any atom is 0.334 e. The number of hydrogen-bond donors (Lipinski definition) is 3. The van der Waals surface area contributed by atoms with Gasteiger partial charge in [-0.05, 0) is 84.5 Å². The van der Waals surface area contributed by atoms with E-state index in [1.54, 1.807) is 13.8 Å². The number of Topliss-reactive ketones (excluding diaryl/α,β-unsaturated/α-hetero) is 1. The van der Waals surface area contributed by atoms with E-state index in [1.165, 1.54) is 13.8 Å². The lowest BCUT2D eigenvalue weighted by Crippen LogP contribution is -2.75. The second-order valence-electron chi connectivity index (χ2n) is 13.8. The molecule has 2 aliphatic heterocycles. The van der Waals surface area contributed by atoms with E-state index in [0.29, 0.717) is 24.8 Å². The van der Waals surface area contributed by atoms with Crippen molar-refractivity contribution in [1.82, 2.24) is 0 Å². The maximum atomic E-state index is 13.5. The van der Waals surface area contributed by atoms with E-state index in [1.807, 2.05) is 6.92 Å². The predicted octanol–water partition coefficient (Wildman–Crippen LogP) is 2.52. The standard InChI is InChI=1S/C30H42O9/c1-16-13-22(38-24(33)17(16)2)26(5,34)30(36)12-11-28(35)20-14-23-29(39-23)9-6-7-21(32)25(29,4)19(20)8-10-27(28,30)15-37-18(3)31/h19-20,22-23,34-36H,6-15H2,1-5H3/t19-,20+,22+,23+,25-,26-,27+,28+,29+,30+/m0/s1. The van der Waals surface area contributed by atoms with Crippen LogP contribution in [0.25, 0.3) is 0 Å². The van der Waals surface area contributed by atoms with Crippen molar-refractivity contribution in [3.8, 4) is 0 Å². The molecule has 3 N–H and O–H groups in total. The van der Waals surface area contributed by atoms with Crippen molar-refractivity contribution in [2.45, 2.75) is 127 Å². The van der Waals surface area contributed by atoms with E-state index >= 15 is 0 Å². The third-order valence-electron chi connectivity index (χ3n) is 12.6. The summed E-state index contributed by atoms with van der Waals surface area (Å²) in [4.78, 5) is 38.2. The van der Waals surface area contributed by atoms with Gasteiger partial charge in [0, 0.05) is 25.3 Å². The van der Waals surface area contributed by atoms with Crippen LogP contribution in [-0.2, 0) is 28.6 Å². The Balaban J connectivity index is 1.44. The molecule has 0 aromatic rings. The third-order valence-corrected chi connectivity index (χ3v) is 12.6. The van der Waals surface area contributed by atoms with Gasteiger partial charge in [0.15, 0.2) is 0 Å². The number of fused-ring (bicyclic) bond motifs is 4. The highest BCUT2D eigenvalue weighted by atomic mass is 16.6. The molecule has 39 heavy (non-hydrogen) atoms. The molecule has 2 heterocycles. The number of cyclic esters (lactones) is 1. The van der Waals surface area contributed by atoms with Crippen LogP contribution in [0.5, 0.6) is 0 Å². The second-order valence-corrected chi connectivity index (χ2v) is 13.8. The van der Waals surface area contributed by atoms with Gasteiger partial charge in [0.25, 0.3) is 0 Å². The van der Waals surface area contributed by atoms with Gasteiger partial charge in [-0.15, -0.1) is 0 Å². The molecule has 0 amide bonds. The van der Waals surface area contributed by atoms with Crippen molar-refractivity contribution in [2.75, 3.05) is 6.61 Å². The zero-order chi connectivity index (χ0) is 28.4. The zero-order valence-electron chi connectivity index (χ0n) is 23.7. The summed E-state index contributed by atoms with van der Waals surface area (Å²) in [6, 6.07) is 0. The topological polar surface area (TPSA) is 143 Å². The number of ketones is 1. The van der Waals surface area contributed by atoms with Crippen LogP contribution in [0.15, 0.2) is 11.1 Å². The van der Waals surface area contributed by atoms with Crippen LogP contribution < -0.4 is 0 Å². The molecule has 9 heteroatoms.